The molecule has 0 bridgehead atoms. The summed E-state index contributed by atoms with van der Waals surface area (Å²) in [5.41, 5.74) is -1.64. The fourth-order valence-electron chi connectivity index (χ4n) is 1.97. The first-order valence-electron chi connectivity index (χ1n) is 5.94. The SMILES string of the molecule is FC(F)(F)C(F)(F)C(F)(F)C(F)(F)c1cccc2[c]cccc12. The molecule has 0 aliphatic rings. The normalized spacial score (nSPS) is 14.3. The van der Waals surface area contributed by atoms with E-state index in [0.29, 0.717) is 6.07 Å². The van der Waals surface area contributed by atoms with E-state index in [1.54, 1.807) is 0 Å². The Morgan fingerprint density at radius 1 is 0.696 bits per heavy atom. The second-order valence-electron chi connectivity index (χ2n) is 4.66. The summed E-state index contributed by atoms with van der Waals surface area (Å²) in [5.74, 6) is -19.4. The van der Waals surface area contributed by atoms with Gasteiger partial charge in [-0.25, -0.2) is 0 Å². The van der Waals surface area contributed by atoms with Gasteiger partial charge in [0.05, 0.1) is 0 Å². The summed E-state index contributed by atoms with van der Waals surface area (Å²) in [5, 5.41) is -0.728. The van der Waals surface area contributed by atoms with Crippen LogP contribution in [0.3, 0.4) is 0 Å². The summed E-state index contributed by atoms with van der Waals surface area (Å²) in [4.78, 5) is 0. The maximum atomic E-state index is 13.9. The minimum Gasteiger partial charge on any atom is -0.194 e. The second kappa shape index (κ2) is 5.04. The van der Waals surface area contributed by atoms with E-state index in [1.165, 1.54) is 12.1 Å². The Bertz CT molecular complexity index is 710. The first kappa shape index (κ1) is 17.4. The van der Waals surface area contributed by atoms with Gasteiger partial charge >= 0.3 is 23.9 Å². The lowest BCUT2D eigenvalue weighted by Gasteiger charge is -2.34. The molecule has 0 aromatic heterocycles. The van der Waals surface area contributed by atoms with Crippen molar-refractivity contribution < 1.29 is 39.5 Å². The van der Waals surface area contributed by atoms with Gasteiger partial charge in [-0.2, -0.15) is 39.5 Å². The quantitative estimate of drug-likeness (QED) is 0.639. The van der Waals surface area contributed by atoms with E-state index in [9.17, 15) is 39.5 Å². The molecular formula is C14H6F9. The van der Waals surface area contributed by atoms with Crippen LogP contribution in [0.25, 0.3) is 10.8 Å². The van der Waals surface area contributed by atoms with Crippen LogP contribution in [0.1, 0.15) is 5.56 Å². The standard InChI is InChI=1S/C14H6F9/c15-11(16,12(17,18)13(19,20)14(21,22)23)10-7-3-5-8-4-1-2-6-9(8)10/h1-3,5-7H. The number of hydrogen-bond donors (Lipinski definition) is 0. The van der Waals surface area contributed by atoms with Crippen LogP contribution in [0.15, 0.2) is 36.4 Å². The third-order valence-electron chi connectivity index (χ3n) is 3.19. The highest BCUT2D eigenvalue weighted by Gasteiger charge is 2.82. The Hall–Kier alpha value is -1.93. The van der Waals surface area contributed by atoms with E-state index in [0.717, 1.165) is 18.2 Å². The third kappa shape index (κ3) is 2.42. The summed E-state index contributed by atoms with van der Waals surface area (Å²) in [6.45, 7) is 0. The average Bonchev–Trinajstić information content (AvgIpc) is 2.45. The molecule has 0 aliphatic heterocycles. The van der Waals surface area contributed by atoms with Crippen molar-refractivity contribution in [1.82, 2.24) is 0 Å². The molecule has 0 spiro atoms. The molecule has 0 unspecified atom stereocenters. The number of benzene rings is 2. The molecule has 23 heavy (non-hydrogen) atoms. The maximum Gasteiger partial charge on any atom is 0.460 e. The molecule has 2 rings (SSSR count). The van der Waals surface area contributed by atoms with Gasteiger partial charge in [-0.15, -0.1) is 0 Å². The molecule has 0 saturated heterocycles. The Morgan fingerprint density at radius 3 is 1.87 bits per heavy atom. The van der Waals surface area contributed by atoms with Crippen molar-refractivity contribution in [3.8, 4) is 0 Å². The zero-order valence-electron chi connectivity index (χ0n) is 10.9. The Labute approximate surface area is 123 Å². The summed E-state index contributed by atoms with van der Waals surface area (Å²) < 4.78 is 117. The number of fused-ring (bicyclic) bond motifs is 1. The van der Waals surface area contributed by atoms with E-state index >= 15 is 0 Å². The van der Waals surface area contributed by atoms with Gasteiger partial charge in [-0.05, 0) is 16.8 Å². The Balaban J connectivity index is 2.69. The van der Waals surface area contributed by atoms with E-state index in [4.69, 9.17) is 0 Å². The van der Waals surface area contributed by atoms with Crippen molar-refractivity contribution in [3.05, 3.63) is 48.0 Å². The van der Waals surface area contributed by atoms with Gasteiger partial charge in [0.1, 0.15) is 0 Å². The summed E-state index contributed by atoms with van der Waals surface area (Å²) in [7, 11) is 0. The fourth-order valence-corrected chi connectivity index (χ4v) is 1.97. The zero-order valence-corrected chi connectivity index (χ0v) is 10.9. The van der Waals surface area contributed by atoms with Gasteiger partial charge in [0.2, 0.25) is 0 Å². The largest absolute Gasteiger partial charge is 0.460 e. The summed E-state index contributed by atoms with van der Waals surface area (Å²) in [6, 6.07) is 8.04. The van der Waals surface area contributed by atoms with Gasteiger partial charge < -0.3 is 0 Å². The lowest BCUT2D eigenvalue weighted by Crippen LogP contribution is -2.59. The molecular weight excluding hydrogens is 339 g/mol. The minimum absolute atomic E-state index is 0.129. The smallest absolute Gasteiger partial charge is 0.194 e. The number of halogens is 9. The van der Waals surface area contributed by atoms with Gasteiger partial charge in [0.25, 0.3) is 0 Å². The van der Waals surface area contributed by atoms with E-state index in [-0.39, 0.29) is 5.39 Å². The molecule has 0 N–H and O–H groups in total. The van der Waals surface area contributed by atoms with Crippen LogP contribution < -0.4 is 0 Å². The first-order valence-corrected chi connectivity index (χ1v) is 5.94. The molecule has 0 nitrogen and oxygen atoms in total. The van der Waals surface area contributed by atoms with E-state index in [1.807, 2.05) is 0 Å². The fraction of sp³-hybridized carbons (Fsp3) is 0.286. The van der Waals surface area contributed by atoms with Gasteiger partial charge in [0.15, 0.2) is 0 Å². The molecule has 125 valence electrons. The minimum atomic E-state index is -6.91. The van der Waals surface area contributed by atoms with Crippen LogP contribution in [-0.4, -0.2) is 18.0 Å². The molecule has 0 fully saturated rings. The topological polar surface area (TPSA) is 0 Å². The maximum absolute atomic E-state index is 13.9. The molecule has 0 saturated carbocycles. The number of hydrogen-bond acceptors (Lipinski definition) is 0. The highest BCUT2D eigenvalue weighted by molar-refractivity contribution is 5.85. The molecule has 9 heteroatoms. The highest BCUT2D eigenvalue weighted by Crippen LogP contribution is 2.57. The van der Waals surface area contributed by atoms with E-state index in [2.05, 4.69) is 6.07 Å². The van der Waals surface area contributed by atoms with Crippen molar-refractivity contribution in [1.29, 1.82) is 0 Å². The lowest BCUT2D eigenvalue weighted by molar-refractivity contribution is -0.399. The number of alkyl halides is 9. The van der Waals surface area contributed by atoms with Crippen LogP contribution in [0.4, 0.5) is 39.5 Å². The number of rotatable bonds is 3. The highest BCUT2D eigenvalue weighted by atomic mass is 19.4. The predicted octanol–water partition coefficient (Wildman–Crippen LogP) is 5.56. The second-order valence-corrected chi connectivity index (χ2v) is 4.66. The van der Waals surface area contributed by atoms with Crippen LogP contribution >= 0.6 is 0 Å². The van der Waals surface area contributed by atoms with Crippen LogP contribution in [0.5, 0.6) is 0 Å². The van der Waals surface area contributed by atoms with Gasteiger partial charge in [-0.3, -0.25) is 0 Å². The van der Waals surface area contributed by atoms with Crippen LogP contribution in [0, 0.1) is 6.07 Å². The monoisotopic (exact) mass is 345 g/mol. The van der Waals surface area contributed by atoms with Gasteiger partial charge in [0, 0.05) is 5.56 Å². The first-order chi connectivity index (χ1) is 10.3. The zero-order chi connectivity index (χ0) is 17.7. The summed E-state index contributed by atoms with van der Waals surface area (Å²) in [6.07, 6.45) is -6.84. The van der Waals surface area contributed by atoms with Crippen molar-refractivity contribution in [2.24, 2.45) is 0 Å². The van der Waals surface area contributed by atoms with Crippen LogP contribution in [0.2, 0.25) is 0 Å². The molecule has 1 radical (unpaired) electrons. The van der Waals surface area contributed by atoms with Crippen molar-refractivity contribution >= 4 is 10.8 Å². The third-order valence-corrected chi connectivity index (χ3v) is 3.19. The van der Waals surface area contributed by atoms with E-state index < -0.39 is 34.9 Å². The molecule has 0 amide bonds. The average molecular weight is 345 g/mol. The lowest BCUT2D eigenvalue weighted by atomic mass is 9.92. The van der Waals surface area contributed by atoms with Crippen molar-refractivity contribution in [3.63, 3.8) is 0 Å². The summed E-state index contributed by atoms with van der Waals surface area (Å²) >= 11 is 0. The van der Waals surface area contributed by atoms with Crippen molar-refractivity contribution in [2.75, 3.05) is 0 Å². The Kier molecular flexibility index (Phi) is 3.82. The molecule has 0 aliphatic carbocycles. The molecule has 0 heterocycles. The molecule has 2 aromatic rings. The van der Waals surface area contributed by atoms with Crippen molar-refractivity contribution in [2.45, 2.75) is 23.9 Å². The Morgan fingerprint density at radius 2 is 1.30 bits per heavy atom. The predicted molar refractivity (Wildman–Crippen MR) is 62.6 cm³/mol. The van der Waals surface area contributed by atoms with Crippen LogP contribution in [-0.2, 0) is 5.92 Å². The molecule has 2 aromatic carbocycles. The molecule has 0 atom stereocenters. The van der Waals surface area contributed by atoms with Gasteiger partial charge in [-0.1, -0.05) is 36.4 Å².